The highest BCUT2D eigenvalue weighted by molar-refractivity contribution is 7.99. The Bertz CT molecular complexity index is 243. The van der Waals surface area contributed by atoms with Crippen molar-refractivity contribution >= 4 is 17.7 Å². The Morgan fingerprint density at radius 2 is 1.45 bits per heavy atom. The molecule has 0 aromatic rings. The van der Waals surface area contributed by atoms with Crippen LogP contribution < -0.4 is 0 Å². The molecule has 120 valence electrons. The predicted octanol–water partition coefficient (Wildman–Crippen LogP) is 5.46. The van der Waals surface area contributed by atoms with E-state index in [1.165, 1.54) is 44.9 Å². The van der Waals surface area contributed by atoms with Gasteiger partial charge in [-0.2, -0.15) is 0 Å². The maximum absolute atomic E-state index is 10.4. The lowest BCUT2D eigenvalue weighted by Crippen LogP contribution is -2.05. The van der Waals surface area contributed by atoms with E-state index >= 15 is 0 Å². The van der Waals surface area contributed by atoms with Gasteiger partial charge < -0.3 is 5.11 Å². The molecule has 0 saturated carbocycles. The number of carboxylic acids is 1. The number of carboxylic acid groups (broad SMARTS) is 1. The van der Waals surface area contributed by atoms with E-state index in [4.69, 9.17) is 5.11 Å². The van der Waals surface area contributed by atoms with E-state index in [1.807, 2.05) is 0 Å². The number of hydrogen-bond donors (Lipinski definition) is 1. The van der Waals surface area contributed by atoms with Gasteiger partial charge in [-0.25, -0.2) is 0 Å². The molecule has 0 aliphatic rings. The van der Waals surface area contributed by atoms with E-state index in [-0.39, 0.29) is 5.75 Å². The molecule has 20 heavy (non-hydrogen) atoms. The van der Waals surface area contributed by atoms with Crippen molar-refractivity contribution in [2.45, 2.75) is 72.6 Å². The van der Waals surface area contributed by atoms with Gasteiger partial charge in [-0.05, 0) is 29.9 Å². The quantitative estimate of drug-likeness (QED) is 0.490. The predicted molar refractivity (Wildman–Crippen MR) is 90.4 cm³/mol. The molecule has 0 radical (unpaired) electrons. The first-order chi connectivity index (χ1) is 9.45. The molecule has 0 bridgehead atoms. The SMILES string of the molecule is CCC(C)CCCC(C)CCCC(C)CSCC(=O)O. The third-order valence-corrected chi connectivity index (χ3v) is 5.37. The summed E-state index contributed by atoms with van der Waals surface area (Å²) < 4.78 is 0. The molecule has 1 N–H and O–H groups in total. The number of thioether (sulfide) groups is 1. The minimum atomic E-state index is -0.697. The summed E-state index contributed by atoms with van der Waals surface area (Å²) in [5.74, 6) is 2.90. The van der Waals surface area contributed by atoms with Crippen molar-refractivity contribution in [2.24, 2.45) is 17.8 Å². The van der Waals surface area contributed by atoms with Crippen LogP contribution in [0.2, 0.25) is 0 Å². The van der Waals surface area contributed by atoms with Gasteiger partial charge in [-0.3, -0.25) is 4.79 Å². The number of aliphatic carboxylic acids is 1. The second kappa shape index (κ2) is 12.6. The molecule has 2 nitrogen and oxygen atoms in total. The van der Waals surface area contributed by atoms with Crippen LogP contribution in [-0.2, 0) is 4.79 Å². The second-order valence-electron chi connectivity index (χ2n) is 6.49. The third-order valence-electron chi connectivity index (χ3n) is 4.11. The van der Waals surface area contributed by atoms with E-state index in [0.29, 0.717) is 5.92 Å². The van der Waals surface area contributed by atoms with Crippen LogP contribution >= 0.6 is 11.8 Å². The molecular formula is C17H34O2S. The molecule has 0 aliphatic heterocycles. The maximum atomic E-state index is 10.4. The van der Waals surface area contributed by atoms with Gasteiger partial charge in [0.25, 0.3) is 0 Å². The summed E-state index contributed by atoms with van der Waals surface area (Å²) in [7, 11) is 0. The number of carbonyl (C=O) groups is 1. The van der Waals surface area contributed by atoms with E-state index in [2.05, 4.69) is 27.7 Å². The Labute approximate surface area is 130 Å². The molecule has 0 spiro atoms. The third kappa shape index (κ3) is 12.8. The molecule has 0 saturated heterocycles. The molecule has 3 heteroatoms. The van der Waals surface area contributed by atoms with Gasteiger partial charge in [0.2, 0.25) is 0 Å². The normalized spacial score (nSPS) is 15.8. The van der Waals surface area contributed by atoms with Crippen molar-refractivity contribution in [1.29, 1.82) is 0 Å². The summed E-state index contributed by atoms with van der Waals surface area (Å²) >= 11 is 1.55. The van der Waals surface area contributed by atoms with E-state index < -0.39 is 5.97 Å². The monoisotopic (exact) mass is 302 g/mol. The van der Waals surface area contributed by atoms with Crippen molar-refractivity contribution in [2.75, 3.05) is 11.5 Å². The van der Waals surface area contributed by atoms with E-state index in [0.717, 1.165) is 17.6 Å². The topological polar surface area (TPSA) is 37.3 Å². The fourth-order valence-corrected chi connectivity index (χ4v) is 3.27. The minimum Gasteiger partial charge on any atom is -0.481 e. The molecule has 0 amide bonds. The van der Waals surface area contributed by atoms with Gasteiger partial charge in [-0.1, -0.05) is 66.2 Å². The highest BCUT2D eigenvalue weighted by Crippen LogP contribution is 2.21. The zero-order valence-corrected chi connectivity index (χ0v) is 14.7. The highest BCUT2D eigenvalue weighted by atomic mass is 32.2. The average molecular weight is 303 g/mol. The van der Waals surface area contributed by atoms with Crippen LogP contribution in [0.5, 0.6) is 0 Å². The highest BCUT2D eigenvalue weighted by Gasteiger charge is 2.07. The van der Waals surface area contributed by atoms with Gasteiger partial charge in [0.05, 0.1) is 5.75 Å². The van der Waals surface area contributed by atoms with Gasteiger partial charge in [0, 0.05) is 0 Å². The molecule has 0 aliphatic carbocycles. The molecule has 0 heterocycles. The Morgan fingerprint density at radius 3 is 1.95 bits per heavy atom. The fourth-order valence-electron chi connectivity index (χ4n) is 2.41. The molecule has 0 aromatic heterocycles. The Morgan fingerprint density at radius 1 is 0.950 bits per heavy atom. The molecule has 3 atom stereocenters. The summed E-state index contributed by atoms with van der Waals surface area (Å²) in [5.41, 5.74) is 0. The number of rotatable bonds is 13. The van der Waals surface area contributed by atoms with Crippen molar-refractivity contribution in [1.82, 2.24) is 0 Å². The molecule has 3 unspecified atom stereocenters. The van der Waals surface area contributed by atoms with Crippen LogP contribution in [0.1, 0.15) is 72.6 Å². The Hall–Kier alpha value is -0.180. The van der Waals surface area contributed by atoms with Crippen LogP contribution in [0.25, 0.3) is 0 Å². The first-order valence-electron chi connectivity index (χ1n) is 8.25. The second-order valence-corrected chi connectivity index (χ2v) is 7.52. The van der Waals surface area contributed by atoms with Crippen LogP contribution in [-0.4, -0.2) is 22.6 Å². The van der Waals surface area contributed by atoms with Gasteiger partial charge >= 0.3 is 5.97 Å². The summed E-state index contributed by atoms with van der Waals surface area (Å²) in [4.78, 5) is 10.4. The molecular weight excluding hydrogens is 268 g/mol. The summed E-state index contributed by atoms with van der Waals surface area (Å²) in [6.45, 7) is 9.24. The largest absolute Gasteiger partial charge is 0.481 e. The Balaban J connectivity index is 3.45. The van der Waals surface area contributed by atoms with Crippen molar-refractivity contribution < 1.29 is 9.90 Å². The van der Waals surface area contributed by atoms with Crippen molar-refractivity contribution in [3.63, 3.8) is 0 Å². The van der Waals surface area contributed by atoms with Crippen LogP contribution in [0, 0.1) is 17.8 Å². The van der Waals surface area contributed by atoms with E-state index in [9.17, 15) is 4.79 Å². The maximum Gasteiger partial charge on any atom is 0.313 e. The first-order valence-corrected chi connectivity index (χ1v) is 9.40. The summed E-state index contributed by atoms with van der Waals surface area (Å²) in [5, 5.41) is 8.59. The first kappa shape index (κ1) is 19.8. The summed E-state index contributed by atoms with van der Waals surface area (Å²) in [6.07, 6.45) is 9.28. The van der Waals surface area contributed by atoms with Crippen LogP contribution in [0.15, 0.2) is 0 Å². The van der Waals surface area contributed by atoms with E-state index in [1.54, 1.807) is 11.8 Å². The fraction of sp³-hybridized carbons (Fsp3) is 0.941. The average Bonchev–Trinajstić information content (AvgIpc) is 2.38. The zero-order chi connectivity index (χ0) is 15.4. The zero-order valence-electron chi connectivity index (χ0n) is 13.9. The smallest absolute Gasteiger partial charge is 0.313 e. The lowest BCUT2D eigenvalue weighted by molar-refractivity contribution is -0.133. The van der Waals surface area contributed by atoms with Crippen LogP contribution in [0.4, 0.5) is 0 Å². The van der Waals surface area contributed by atoms with Gasteiger partial charge in [0.1, 0.15) is 0 Å². The van der Waals surface area contributed by atoms with Gasteiger partial charge in [0.15, 0.2) is 0 Å². The van der Waals surface area contributed by atoms with Crippen molar-refractivity contribution in [3.05, 3.63) is 0 Å². The molecule has 0 rings (SSSR count). The standard InChI is InChI=1S/C17H34O2S/c1-5-14(2)8-6-9-15(3)10-7-11-16(4)12-20-13-17(18)19/h14-16H,5-13H2,1-4H3,(H,18,19). The number of hydrogen-bond acceptors (Lipinski definition) is 2. The lowest BCUT2D eigenvalue weighted by Gasteiger charge is -2.15. The van der Waals surface area contributed by atoms with Gasteiger partial charge in [-0.15, -0.1) is 11.8 Å². The Kier molecular flexibility index (Phi) is 12.4. The minimum absolute atomic E-state index is 0.246. The lowest BCUT2D eigenvalue weighted by atomic mass is 9.93. The van der Waals surface area contributed by atoms with Crippen LogP contribution in [0.3, 0.4) is 0 Å². The summed E-state index contributed by atoms with van der Waals surface area (Å²) in [6, 6.07) is 0. The van der Waals surface area contributed by atoms with Crippen molar-refractivity contribution in [3.8, 4) is 0 Å². The molecule has 0 fully saturated rings. The molecule has 0 aromatic carbocycles.